The van der Waals surface area contributed by atoms with Crippen molar-refractivity contribution < 1.29 is 14.3 Å². The third-order valence-electron chi connectivity index (χ3n) is 6.23. The summed E-state index contributed by atoms with van der Waals surface area (Å²) in [6.45, 7) is 2.89. The number of aromatic nitrogens is 1. The molecule has 1 heterocycles. The molecule has 0 amide bonds. The summed E-state index contributed by atoms with van der Waals surface area (Å²) in [5.41, 5.74) is 5.79. The first kappa shape index (κ1) is 23.1. The second-order valence-electron chi connectivity index (χ2n) is 8.27. The first-order valence-electron chi connectivity index (χ1n) is 11.0. The van der Waals surface area contributed by atoms with Crippen LogP contribution in [0.4, 0.5) is 0 Å². The Kier molecular flexibility index (Phi) is 7.19. The summed E-state index contributed by atoms with van der Waals surface area (Å²) in [6.07, 6.45) is 1.24. The predicted molar refractivity (Wildman–Crippen MR) is 136 cm³/mol. The summed E-state index contributed by atoms with van der Waals surface area (Å²) in [5, 5.41) is 1.12. The molecule has 0 spiro atoms. The van der Waals surface area contributed by atoms with E-state index in [2.05, 4.69) is 76.0 Å². The van der Waals surface area contributed by atoms with Crippen molar-refractivity contribution >= 4 is 32.8 Å². The van der Waals surface area contributed by atoms with Crippen LogP contribution in [0.3, 0.4) is 0 Å². The minimum atomic E-state index is -0.269. The lowest BCUT2D eigenvalue weighted by molar-refractivity contribution is -0.145. The van der Waals surface area contributed by atoms with Gasteiger partial charge in [-0.15, -0.1) is 0 Å². The Bertz CT molecular complexity index is 1250. The number of hydrogen-bond donors (Lipinski definition) is 0. The van der Waals surface area contributed by atoms with Crippen molar-refractivity contribution in [3.05, 3.63) is 99.7 Å². The molecule has 0 aliphatic heterocycles. The molecule has 0 saturated heterocycles. The lowest BCUT2D eigenvalue weighted by atomic mass is 9.91. The molecule has 0 fully saturated rings. The zero-order chi connectivity index (χ0) is 23.4. The topological polar surface area (TPSA) is 40.5 Å². The van der Waals surface area contributed by atoms with Crippen LogP contribution >= 0.6 is 15.9 Å². The quantitative estimate of drug-likeness (QED) is 0.262. The Balaban J connectivity index is 1.76. The Labute approximate surface area is 203 Å². The molecule has 4 aromatic rings. The van der Waals surface area contributed by atoms with E-state index in [0.29, 0.717) is 12.8 Å². The number of hydrogen-bond acceptors (Lipinski definition) is 3. The predicted octanol–water partition coefficient (Wildman–Crippen LogP) is 6.34. The van der Waals surface area contributed by atoms with Gasteiger partial charge in [0.15, 0.2) is 0 Å². The minimum absolute atomic E-state index is 0.185. The lowest BCUT2D eigenvalue weighted by Gasteiger charge is -2.16. The molecule has 1 aromatic heterocycles. The van der Waals surface area contributed by atoms with Crippen LogP contribution in [-0.2, 0) is 28.9 Å². The van der Waals surface area contributed by atoms with E-state index in [1.54, 1.807) is 7.11 Å². The number of benzene rings is 3. The summed E-state index contributed by atoms with van der Waals surface area (Å²) < 4.78 is 14.1. The van der Waals surface area contributed by atoms with Crippen molar-refractivity contribution in [2.45, 2.75) is 26.3 Å². The third kappa shape index (κ3) is 5.14. The van der Waals surface area contributed by atoms with E-state index in [-0.39, 0.29) is 11.9 Å². The fraction of sp³-hybridized carbons (Fsp3) is 0.250. The normalized spacial score (nSPS) is 12.0. The highest BCUT2D eigenvalue weighted by molar-refractivity contribution is 9.10. The van der Waals surface area contributed by atoms with Gasteiger partial charge in [0.25, 0.3) is 0 Å². The molecule has 3 aromatic carbocycles. The molecule has 4 nitrogen and oxygen atoms in total. The fourth-order valence-corrected chi connectivity index (χ4v) is 4.71. The van der Waals surface area contributed by atoms with Gasteiger partial charge in [-0.25, -0.2) is 0 Å². The molecule has 0 saturated carbocycles. The fourth-order valence-electron chi connectivity index (χ4n) is 4.44. The van der Waals surface area contributed by atoms with Gasteiger partial charge in [0, 0.05) is 27.6 Å². The zero-order valence-electron chi connectivity index (χ0n) is 19.2. The van der Waals surface area contributed by atoms with Crippen molar-refractivity contribution in [1.29, 1.82) is 0 Å². The van der Waals surface area contributed by atoms with Crippen LogP contribution in [0, 0.1) is 12.8 Å². The number of ether oxygens (including phenoxy) is 2. The number of carbonyl (C=O) groups excluding carboxylic acids is 1. The van der Waals surface area contributed by atoms with E-state index in [1.807, 2.05) is 24.3 Å². The maximum atomic E-state index is 12.8. The minimum Gasteiger partial charge on any atom is -0.497 e. The first-order valence-corrected chi connectivity index (χ1v) is 11.8. The number of esters is 1. The van der Waals surface area contributed by atoms with Crippen LogP contribution in [0.2, 0.25) is 0 Å². The van der Waals surface area contributed by atoms with Crippen molar-refractivity contribution in [2.24, 2.45) is 5.92 Å². The molecule has 0 aliphatic carbocycles. The lowest BCUT2D eigenvalue weighted by Crippen LogP contribution is -2.21. The van der Waals surface area contributed by atoms with Crippen molar-refractivity contribution in [1.82, 2.24) is 4.57 Å². The molecule has 1 unspecified atom stereocenters. The molecule has 0 aliphatic rings. The van der Waals surface area contributed by atoms with E-state index in [9.17, 15) is 4.79 Å². The molecule has 0 N–H and O–H groups in total. The highest BCUT2D eigenvalue weighted by Crippen LogP contribution is 2.33. The largest absolute Gasteiger partial charge is 0.497 e. The van der Waals surface area contributed by atoms with E-state index in [0.717, 1.165) is 44.5 Å². The summed E-state index contributed by atoms with van der Waals surface area (Å²) in [4.78, 5) is 12.8. The summed E-state index contributed by atoms with van der Waals surface area (Å²) in [6, 6.07) is 24.7. The van der Waals surface area contributed by atoms with Crippen LogP contribution in [0.15, 0.2) is 77.3 Å². The zero-order valence-corrected chi connectivity index (χ0v) is 20.8. The van der Waals surface area contributed by atoms with Gasteiger partial charge in [-0.2, -0.15) is 0 Å². The van der Waals surface area contributed by atoms with Gasteiger partial charge >= 0.3 is 5.97 Å². The maximum absolute atomic E-state index is 12.8. The second-order valence-corrected chi connectivity index (χ2v) is 9.19. The van der Waals surface area contributed by atoms with Crippen LogP contribution < -0.4 is 4.74 Å². The molecule has 1 atom stereocenters. The molecule has 0 bridgehead atoms. The number of carbonyl (C=O) groups is 1. The smallest absolute Gasteiger partial charge is 0.309 e. The average Bonchev–Trinajstić information content (AvgIpc) is 3.10. The van der Waals surface area contributed by atoms with Gasteiger partial charge in [0.05, 0.1) is 20.1 Å². The van der Waals surface area contributed by atoms with Crippen molar-refractivity contribution in [2.75, 3.05) is 14.2 Å². The Morgan fingerprint density at radius 2 is 1.67 bits per heavy atom. The molecular formula is C28H28BrNO3. The van der Waals surface area contributed by atoms with Gasteiger partial charge in [-0.3, -0.25) is 4.79 Å². The first-order chi connectivity index (χ1) is 16.0. The molecule has 170 valence electrons. The Hall–Kier alpha value is -3.05. The van der Waals surface area contributed by atoms with E-state index in [1.165, 1.54) is 12.7 Å². The maximum Gasteiger partial charge on any atom is 0.309 e. The number of nitrogens with zero attached hydrogens (tertiary/aromatic N) is 1. The van der Waals surface area contributed by atoms with Gasteiger partial charge in [-0.05, 0) is 66.8 Å². The Morgan fingerprint density at radius 1 is 0.939 bits per heavy atom. The van der Waals surface area contributed by atoms with Crippen LogP contribution in [-0.4, -0.2) is 24.8 Å². The number of methoxy groups -OCH3 is 2. The monoisotopic (exact) mass is 505 g/mol. The number of halogens is 1. The molecule has 4 rings (SSSR count). The van der Waals surface area contributed by atoms with Crippen LogP contribution in [0.5, 0.6) is 5.75 Å². The molecule has 33 heavy (non-hydrogen) atoms. The van der Waals surface area contributed by atoms with E-state index < -0.39 is 0 Å². The standard InChI is InChI=1S/C28H28BrNO3/c1-19-25(16-22(28(31)33-3)15-20-7-5-4-6-8-20)26-17-24(32-2)13-14-27(26)30(19)18-21-9-11-23(29)12-10-21/h4-14,17,22H,15-16,18H2,1-3H3. The third-order valence-corrected chi connectivity index (χ3v) is 6.75. The van der Waals surface area contributed by atoms with E-state index in [4.69, 9.17) is 9.47 Å². The van der Waals surface area contributed by atoms with Crippen LogP contribution in [0.25, 0.3) is 10.9 Å². The van der Waals surface area contributed by atoms with Crippen molar-refractivity contribution in [3.8, 4) is 5.75 Å². The Morgan fingerprint density at radius 3 is 2.33 bits per heavy atom. The average molecular weight is 506 g/mol. The van der Waals surface area contributed by atoms with Crippen molar-refractivity contribution in [3.63, 3.8) is 0 Å². The summed E-state index contributed by atoms with van der Waals surface area (Å²) in [7, 11) is 3.15. The highest BCUT2D eigenvalue weighted by Gasteiger charge is 2.25. The molecule has 5 heteroatoms. The van der Waals surface area contributed by atoms with Crippen LogP contribution in [0.1, 0.15) is 22.4 Å². The van der Waals surface area contributed by atoms with Gasteiger partial charge in [-0.1, -0.05) is 58.4 Å². The van der Waals surface area contributed by atoms with E-state index >= 15 is 0 Å². The van der Waals surface area contributed by atoms with Gasteiger partial charge in [0.2, 0.25) is 0 Å². The highest BCUT2D eigenvalue weighted by atomic mass is 79.9. The number of rotatable bonds is 8. The molecule has 0 radical (unpaired) electrons. The summed E-state index contributed by atoms with van der Waals surface area (Å²) in [5.74, 6) is 0.353. The summed E-state index contributed by atoms with van der Waals surface area (Å²) >= 11 is 3.52. The van der Waals surface area contributed by atoms with Gasteiger partial charge < -0.3 is 14.0 Å². The SMILES string of the molecule is COC(=O)C(Cc1ccccc1)Cc1c(C)n(Cc2ccc(Br)cc2)c2ccc(OC)cc12. The van der Waals surface area contributed by atoms with Gasteiger partial charge in [0.1, 0.15) is 5.75 Å². The molecular weight excluding hydrogens is 478 g/mol. The second kappa shape index (κ2) is 10.3. The number of fused-ring (bicyclic) bond motifs is 1.